The van der Waals surface area contributed by atoms with Gasteiger partial charge in [0, 0.05) is 68.9 Å². The molecule has 1 fully saturated rings. The average molecular weight is 697 g/mol. The van der Waals surface area contributed by atoms with E-state index in [0.717, 1.165) is 42.9 Å². The highest BCUT2D eigenvalue weighted by molar-refractivity contribution is 6.36. The predicted octanol–water partition coefficient (Wildman–Crippen LogP) is 9.05. The van der Waals surface area contributed by atoms with Crippen molar-refractivity contribution in [1.82, 2.24) is 25.9 Å². The van der Waals surface area contributed by atoms with Gasteiger partial charge in [-0.3, -0.25) is 14.9 Å². The Hall–Kier alpha value is -3.42. The maximum absolute atomic E-state index is 9.98. The van der Waals surface area contributed by atoms with Gasteiger partial charge in [0.15, 0.2) is 0 Å². The van der Waals surface area contributed by atoms with E-state index < -0.39 is 0 Å². The summed E-state index contributed by atoms with van der Waals surface area (Å²) < 4.78 is 0. The zero-order valence-corrected chi connectivity index (χ0v) is 28.7. The number of nitrogens with zero attached hydrogens (tertiary/aromatic N) is 4. The molecule has 8 nitrogen and oxygen atoms in total. The Morgan fingerprint density at radius 2 is 1.63 bits per heavy atom. The third-order valence-electron chi connectivity index (χ3n) is 8.42. The minimum Gasteiger partial charge on any atom is -0.373 e. The fourth-order valence-electron chi connectivity index (χ4n) is 6.00. The number of nitriles is 1. The van der Waals surface area contributed by atoms with E-state index in [4.69, 9.17) is 46.4 Å². The van der Waals surface area contributed by atoms with Gasteiger partial charge in [0.05, 0.1) is 33.5 Å². The number of likely N-dealkylation sites (tertiary alicyclic amines) is 1. The average Bonchev–Trinajstić information content (AvgIpc) is 3.50. The molecule has 4 aromatic rings. The maximum Gasteiger partial charge on any atom is 0.103 e. The molecule has 0 spiro atoms. The van der Waals surface area contributed by atoms with Crippen LogP contribution in [-0.4, -0.2) is 39.6 Å². The van der Waals surface area contributed by atoms with Crippen LogP contribution in [0.2, 0.25) is 20.1 Å². The number of hydrogen-bond donors (Lipinski definition) is 4. The van der Waals surface area contributed by atoms with E-state index >= 15 is 0 Å². The SMILES string of the molecule is CC(C)(C)N1CCC(N2C=C([C@@H](Nc3cc(Cl)c4ncc(C#N)c(Nc5cc(Cl)cc(Cl)c5)c4c3)c3ccc(Cl)cc3)NN2)CC1. The lowest BCUT2D eigenvalue weighted by molar-refractivity contribution is 0.0570. The molecule has 0 aliphatic carbocycles. The fraction of sp³-hybridized carbons (Fsp3) is 0.294. The van der Waals surface area contributed by atoms with E-state index in [1.165, 1.54) is 6.20 Å². The summed E-state index contributed by atoms with van der Waals surface area (Å²) in [4.78, 5) is 7.04. The largest absolute Gasteiger partial charge is 0.373 e. The summed E-state index contributed by atoms with van der Waals surface area (Å²) in [5.74, 6) is 0. The third kappa shape index (κ3) is 7.11. The first-order valence-corrected chi connectivity index (χ1v) is 16.5. The molecule has 46 heavy (non-hydrogen) atoms. The fourth-order valence-corrected chi connectivity index (χ4v) is 6.92. The molecule has 0 amide bonds. The molecule has 1 saturated heterocycles. The first-order valence-electron chi connectivity index (χ1n) is 15.0. The Labute approximate surface area is 289 Å². The second-order valence-electron chi connectivity index (χ2n) is 12.5. The van der Waals surface area contributed by atoms with Crippen LogP contribution in [0.25, 0.3) is 10.9 Å². The number of pyridine rings is 1. The Morgan fingerprint density at radius 1 is 0.935 bits per heavy atom. The molecule has 12 heteroatoms. The quantitative estimate of drug-likeness (QED) is 0.152. The van der Waals surface area contributed by atoms with Gasteiger partial charge in [0.1, 0.15) is 6.07 Å². The highest BCUT2D eigenvalue weighted by atomic mass is 35.5. The van der Waals surface area contributed by atoms with Crippen LogP contribution in [-0.2, 0) is 0 Å². The summed E-state index contributed by atoms with van der Waals surface area (Å²) in [6, 6.07) is 19.0. The Balaban J connectivity index is 1.34. The van der Waals surface area contributed by atoms with Gasteiger partial charge < -0.3 is 16.1 Å². The smallest absolute Gasteiger partial charge is 0.103 e. The number of hydrogen-bond acceptors (Lipinski definition) is 8. The third-order valence-corrected chi connectivity index (χ3v) is 9.39. The lowest BCUT2D eigenvalue weighted by Gasteiger charge is -2.42. The predicted molar refractivity (Wildman–Crippen MR) is 190 cm³/mol. The lowest BCUT2D eigenvalue weighted by Crippen LogP contribution is -2.52. The Morgan fingerprint density at radius 3 is 2.28 bits per heavy atom. The summed E-state index contributed by atoms with van der Waals surface area (Å²) in [5, 5.41) is 21.8. The Kier molecular flexibility index (Phi) is 9.45. The van der Waals surface area contributed by atoms with Crippen molar-refractivity contribution >= 4 is 74.4 Å². The minimum absolute atomic E-state index is 0.160. The molecule has 2 aliphatic rings. The van der Waals surface area contributed by atoms with Crippen LogP contribution >= 0.6 is 46.4 Å². The lowest BCUT2D eigenvalue weighted by atomic mass is 9.98. The molecule has 2 aliphatic heterocycles. The number of aromatic nitrogens is 1. The van der Waals surface area contributed by atoms with E-state index in [9.17, 15) is 5.26 Å². The molecular weight excluding hydrogens is 662 g/mol. The number of piperidine rings is 1. The number of rotatable bonds is 7. The van der Waals surface area contributed by atoms with Gasteiger partial charge in [-0.25, -0.2) is 0 Å². The zero-order valence-electron chi connectivity index (χ0n) is 25.6. The second-order valence-corrected chi connectivity index (χ2v) is 14.3. The normalized spacial score (nSPS) is 16.6. The summed E-state index contributed by atoms with van der Waals surface area (Å²) in [7, 11) is 0. The van der Waals surface area contributed by atoms with E-state index in [2.05, 4.69) is 69.5 Å². The number of hydrazine groups is 2. The second kappa shape index (κ2) is 13.4. The molecule has 0 unspecified atom stereocenters. The highest BCUT2D eigenvalue weighted by Gasteiger charge is 2.32. The van der Waals surface area contributed by atoms with Crippen molar-refractivity contribution in [1.29, 1.82) is 5.26 Å². The van der Waals surface area contributed by atoms with E-state index in [0.29, 0.717) is 54.0 Å². The molecule has 0 saturated carbocycles. The van der Waals surface area contributed by atoms with Crippen molar-refractivity contribution in [2.75, 3.05) is 23.7 Å². The van der Waals surface area contributed by atoms with Crippen molar-refractivity contribution in [3.8, 4) is 6.07 Å². The minimum atomic E-state index is -0.284. The van der Waals surface area contributed by atoms with Crippen molar-refractivity contribution in [3.63, 3.8) is 0 Å². The summed E-state index contributed by atoms with van der Waals surface area (Å²) >= 11 is 25.6. The van der Waals surface area contributed by atoms with Gasteiger partial charge in [-0.15, -0.1) is 5.53 Å². The molecule has 238 valence electrons. The molecule has 4 N–H and O–H groups in total. The van der Waals surface area contributed by atoms with Crippen LogP contribution in [0.3, 0.4) is 0 Å². The van der Waals surface area contributed by atoms with Gasteiger partial charge in [0.25, 0.3) is 0 Å². The number of fused-ring (bicyclic) bond motifs is 1. The van der Waals surface area contributed by atoms with Crippen molar-refractivity contribution in [3.05, 3.63) is 104 Å². The summed E-state index contributed by atoms with van der Waals surface area (Å²) in [6.45, 7) is 8.89. The number of halogens is 4. The number of benzene rings is 3. The Bertz CT molecular complexity index is 1800. The molecule has 1 atom stereocenters. The van der Waals surface area contributed by atoms with E-state index in [1.54, 1.807) is 18.2 Å². The summed E-state index contributed by atoms with van der Waals surface area (Å²) in [6.07, 6.45) is 5.75. The number of anilines is 3. The molecule has 1 aromatic heterocycles. The van der Waals surface area contributed by atoms with Crippen molar-refractivity contribution in [2.45, 2.75) is 51.2 Å². The molecule has 6 rings (SSSR count). The number of nitrogens with one attached hydrogen (secondary N) is 4. The van der Waals surface area contributed by atoms with Gasteiger partial charge >= 0.3 is 0 Å². The summed E-state index contributed by atoms with van der Waals surface area (Å²) in [5.41, 5.74) is 11.7. The highest BCUT2D eigenvalue weighted by Crippen LogP contribution is 2.38. The van der Waals surface area contributed by atoms with Gasteiger partial charge in [0.2, 0.25) is 0 Å². The van der Waals surface area contributed by atoms with Gasteiger partial charge in [-0.1, -0.05) is 58.5 Å². The zero-order chi connectivity index (χ0) is 32.6. The van der Waals surface area contributed by atoms with E-state index in [-0.39, 0.29) is 11.6 Å². The molecule has 3 aromatic carbocycles. The van der Waals surface area contributed by atoms with Crippen LogP contribution in [0, 0.1) is 11.3 Å². The van der Waals surface area contributed by atoms with Crippen molar-refractivity contribution in [2.24, 2.45) is 0 Å². The molecular formula is C34H34Cl4N8. The molecule has 0 bridgehead atoms. The molecule has 0 radical (unpaired) electrons. The van der Waals surface area contributed by atoms with Crippen LogP contribution in [0.5, 0.6) is 0 Å². The van der Waals surface area contributed by atoms with Gasteiger partial charge in [-0.05, 0) is 81.6 Å². The van der Waals surface area contributed by atoms with Crippen molar-refractivity contribution < 1.29 is 0 Å². The maximum atomic E-state index is 9.98. The standard InChI is InChI=1S/C34H34Cl4N8/c1-34(2,3)45-10-8-27(9-11-45)46-19-30(43-44-46)32(20-4-6-22(35)7-5-20)42-26-15-28-31(41-25-13-23(36)12-24(37)14-25)21(17-39)18-40-33(28)29(38)16-26/h4-7,12-16,18-19,27,32,42-44H,8-11H2,1-3H3,(H,40,41)/t32-/m0/s1. The first-order chi connectivity index (χ1) is 22.0. The van der Waals surface area contributed by atoms with Gasteiger partial charge in [-0.2, -0.15) is 5.26 Å². The van der Waals surface area contributed by atoms with Crippen LogP contribution in [0.15, 0.2) is 72.7 Å². The monoisotopic (exact) mass is 694 g/mol. The van der Waals surface area contributed by atoms with Crippen LogP contribution in [0.4, 0.5) is 17.1 Å². The van der Waals surface area contributed by atoms with E-state index in [1.807, 2.05) is 36.4 Å². The topological polar surface area (TPSA) is 91.3 Å². The van der Waals surface area contributed by atoms with Crippen LogP contribution in [0.1, 0.15) is 50.8 Å². The molecule has 3 heterocycles. The van der Waals surface area contributed by atoms with Crippen LogP contribution < -0.4 is 21.6 Å². The first kappa shape index (κ1) is 32.5.